The first-order valence-electron chi connectivity index (χ1n) is 15.1. The maximum atomic E-state index is 11.9. The van der Waals surface area contributed by atoms with Gasteiger partial charge in [-0.2, -0.15) is 0 Å². The van der Waals surface area contributed by atoms with Crippen molar-refractivity contribution in [3.05, 3.63) is 0 Å². The predicted molar refractivity (Wildman–Crippen MR) is 146 cm³/mol. The van der Waals surface area contributed by atoms with Crippen molar-refractivity contribution in [2.75, 3.05) is 13.2 Å². The second kappa shape index (κ2) is 28.2. The van der Waals surface area contributed by atoms with Gasteiger partial charge in [-0.05, 0) is 19.3 Å². The molecule has 4 heteroatoms. The minimum absolute atomic E-state index is 0.0646. The van der Waals surface area contributed by atoms with E-state index in [9.17, 15) is 9.59 Å². The Hall–Kier alpha value is -1.06. The molecule has 4 nitrogen and oxygen atoms in total. The van der Waals surface area contributed by atoms with Gasteiger partial charge in [-0.25, -0.2) is 0 Å². The van der Waals surface area contributed by atoms with Crippen LogP contribution >= 0.6 is 0 Å². The van der Waals surface area contributed by atoms with Crippen molar-refractivity contribution in [3.63, 3.8) is 0 Å². The molecule has 1 amide bonds. The van der Waals surface area contributed by atoms with Crippen molar-refractivity contribution >= 4 is 11.9 Å². The van der Waals surface area contributed by atoms with Crippen LogP contribution in [0.4, 0.5) is 0 Å². The summed E-state index contributed by atoms with van der Waals surface area (Å²) in [5.41, 5.74) is 0. The quantitative estimate of drug-likeness (QED) is 0.0940. The molecular weight excluding hydrogens is 422 g/mol. The molecule has 0 saturated heterocycles. The predicted octanol–water partition coefficient (Wildman–Crippen LogP) is 9.05. The average Bonchev–Trinajstić information content (AvgIpc) is 2.83. The highest BCUT2D eigenvalue weighted by atomic mass is 16.5. The van der Waals surface area contributed by atoms with Gasteiger partial charge < -0.3 is 10.1 Å². The molecule has 1 N–H and O–H groups in total. The number of unbranched alkanes of at least 4 members (excludes halogenated alkanes) is 19. The molecular formula is C30H59NO3. The second-order valence-electron chi connectivity index (χ2n) is 10.1. The maximum Gasteiger partial charge on any atom is 0.305 e. The van der Waals surface area contributed by atoms with Crippen molar-refractivity contribution in [1.29, 1.82) is 0 Å². The van der Waals surface area contributed by atoms with Crippen LogP contribution < -0.4 is 5.32 Å². The highest BCUT2D eigenvalue weighted by Crippen LogP contribution is 2.12. The molecule has 34 heavy (non-hydrogen) atoms. The Bertz CT molecular complexity index is 439. The number of rotatable bonds is 27. The molecule has 0 spiro atoms. The molecule has 0 aromatic carbocycles. The first kappa shape index (κ1) is 32.9. The van der Waals surface area contributed by atoms with Gasteiger partial charge in [0.25, 0.3) is 0 Å². The average molecular weight is 482 g/mol. The van der Waals surface area contributed by atoms with E-state index in [4.69, 9.17) is 4.74 Å². The number of nitrogens with one attached hydrogen (secondary N) is 1. The Morgan fingerprint density at radius 1 is 0.500 bits per heavy atom. The normalized spacial score (nSPS) is 11.0. The van der Waals surface area contributed by atoms with E-state index in [1.807, 2.05) is 0 Å². The number of esters is 1. The molecule has 0 aliphatic carbocycles. The van der Waals surface area contributed by atoms with Gasteiger partial charge in [0.2, 0.25) is 5.91 Å². The summed E-state index contributed by atoms with van der Waals surface area (Å²) in [5, 5.41) is 2.99. The van der Waals surface area contributed by atoms with Crippen LogP contribution in [-0.2, 0) is 14.3 Å². The molecule has 0 atom stereocenters. The first-order valence-corrected chi connectivity index (χ1v) is 15.1. The van der Waals surface area contributed by atoms with Gasteiger partial charge in [-0.15, -0.1) is 0 Å². The lowest BCUT2D eigenvalue weighted by Gasteiger charge is -2.07. The number of hydrogen-bond donors (Lipinski definition) is 1. The molecule has 0 saturated carbocycles. The van der Waals surface area contributed by atoms with Gasteiger partial charge in [0.15, 0.2) is 0 Å². The van der Waals surface area contributed by atoms with Crippen LogP contribution in [-0.4, -0.2) is 25.0 Å². The molecule has 0 aromatic heterocycles. The van der Waals surface area contributed by atoms with Crippen molar-refractivity contribution in [1.82, 2.24) is 5.32 Å². The topological polar surface area (TPSA) is 55.4 Å². The van der Waals surface area contributed by atoms with Crippen LogP contribution in [0.1, 0.15) is 168 Å². The Morgan fingerprint density at radius 2 is 0.912 bits per heavy atom. The molecule has 0 aliphatic heterocycles. The van der Waals surface area contributed by atoms with Crippen LogP contribution in [0.25, 0.3) is 0 Å². The van der Waals surface area contributed by atoms with Crippen LogP contribution in [0.3, 0.4) is 0 Å². The molecule has 0 fully saturated rings. The smallest absolute Gasteiger partial charge is 0.305 e. The molecule has 0 rings (SSSR count). The van der Waals surface area contributed by atoms with E-state index in [1.54, 1.807) is 0 Å². The minimum atomic E-state index is -0.159. The summed E-state index contributed by atoms with van der Waals surface area (Å²) in [6.07, 6.45) is 28.6. The lowest BCUT2D eigenvalue weighted by Crippen LogP contribution is -2.24. The molecule has 0 radical (unpaired) electrons. The lowest BCUT2D eigenvalue weighted by atomic mass is 10.1. The molecule has 0 aliphatic rings. The molecule has 0 aromatic rings. The maximum absolute atomic E-state index is 11.9. The van der Waals surface area contributed by atoms with E-state index in [-0.39, 0.29) is 11.9 Å². The standard InChI is InChI=1S/C30H59NO3/c1-3-5-7-9-11-13-14-15-16-18-20-22-27-31-29(32)25-24-26-30(33)34-28-23-21-19-17-12-10-8-6-4-2/h3-28H2,1-2H3,(H,31,32). The van der Waals surface area contributed by atoms with Gasteiger partial charge in [-0.1, -0.05) is 136 Å². The molecule has 0 heterocycles. The van der Waals surface area contributed by atoms with Gasteiger partial charge in [0.05, 0.1) is 6.61 Å². The van der Waals surface area contributed by atoms with E-state index in [0.29, 0.717) is 25.9 Å². The number of ether oxygens (including phenoxy) is 1. The van der Waals surface area contributed by atoms with Gasteiger partial charge >= 0.3 is 5.97 Å². The Kier molecular flexibility index (Phi) is 27.3. The lowest BCUT2D eigenvalue weighted by molar-refractivity contribution is -0.143. The van der Waals surface area contributed by atoms with Crippen molar-refractivity contribution in [3.8, 4) is 0 Å². The third-order valence-electron chi connectivity index (χ3n) is 6.65. The zero-order valence-corrected chi connectivity index (χ0v) is 23.1. The third kappa shape index (κ3) is 27.2. The Morgan fingerprint density at radius 3 is 1.38 bits per heavy atom. The van der Waals surface area contributed by atoms with E-state index in [0.717, 1.165) is 25.8 Å². The fraction of sp³-hybridized carbons (Fsp3) is 0.933. The number of carbonyl (C=O) groups excluding carboxylic acids is 2. The molecule has 0 bridgehead atoms. The van der Waals surface area contributed by atoms with Crippen LogP contribution in [0.2, 0.25) is 0 Å². The monoisotopic (exact) mass is 481 g/mol. The van der Waals surface area contributed by atoms with Crippen molar-refractivity contribution in [2.24, 2.45) is 0 Å². The second-order valence-corrected chi connectivity index (χ2v) is 10.1. The largest absolute Gasteiger partial charge is 0.466 e. The van der Waals surface area contributed by atoms with Crippen LogP contribution in [0.5, 0.6) is 0 Å². The van der Waals surface area contributed by atoms with Gasteiger partial charge in [-0.3, -0.25) is 9.59 Å². The van der Waals surface area contributed by atoms with Crippen molar-refractivity contribution in [2.45, 2.75) is 168 Å². The minimum Gasteiger partial charge on any atom is -0.466 e. The highest BCUT2D eigenvalue weighted by molar-refractivity contribution is 5.76. The summed E-state index contributed by atoms with van der Waals surface area (Å²) in [6.45, 7) is 5.81. The summed E-state index contributed by atoms with van der Waals surface area (Å²) in [6, 6.07) is 0. The number of amides is 1. The fourth-order valence-electron chi connectivity index (χ4n) is 4.35. The van der Waals surface area contributed by atoms with E-state index in [1.165, 1.54) is 116 Å². The summed E-state index contributed by atoms with van der Waals surface area (Å²) in [5.74, 6) is -0.0943. The van der Waals surface area contributed by atoms with E-state index in [2.05, 4.69) is 19.2 Å². The summed E-state index contributed by atoms with van der Waals surface area (Å²) < 4.78 is 5.30. The van der Waals surface area contributed by atoms with E-state index < -0.39 is 0 Å². The van der Waals surface area contributed by atoms with E-state index >= 15 is 0 Å². The zero-order valence-electron chi connectivity index (χ0n) is 23.1. The van der Waals surface area contributed by atoms with Crippen LogP contribution in [0.15, 0.2) is 0 Å². The SMILES string of the molecule is CCCCCCCCCCCCCCNC(=O)CCCC(=O)OCCCCCCCCCCC. The number of carbonyl (C=O) groups is 2. The highest BCUT2D eigenvalue weighted by Gasteiger charge is 2.06. The summed E-state index contributed by atoms with van der Waals surface area (Å²) in [4.78, 5) is 23.7. The zero-order chi connectivity index (χ0) is 25.0. The van der Waals surface area contributed by atoms with Crippen molar-refractivity contribution < 1.29 is 14.3 Å². The molecule has 0 unspecified atom stereocenters. The van der Waals surface area contributed by atoms with Gasteiger partial charge in [0.1, 0.15) is 0 Å². The molecule has 202 valence electrons. The fourth-order valence-corrected chi connectivity index (χ4v) is 4.35. The third-order valence-corrected chi connectivity index (χ3v) is 6.65. The number of hydrogen-bond acceptors (Lipinski definition) is 3. The van der Waals surface area contributed by atoms with Crippen LogP contribution in [0, 0.1) is 0 Å². The Balaban J connectivity index is 3.28. The summed E-state index contributed by atoms with van der Waals surface area (Å²) >= 11 is 0. The summed E-state index contributed by atoms with van der Waals surface area (Å²) in [7, 11) is 0. The Labute approximate surface area is 212 Å². The van der Waals surface area contributed by atoms with Gasteiger partial charge in [0, 0.05) is 19.4 Å². The first-order chi connectivity index (χ1) is 16.7.